The Bertz CT molecular complexity index is 341. The summed E-state index contributed by atoms with van der Waals surface area (Å²) in [4.78, 5) is 0. The lowest BCUT2D eigenvalue weighted by Gasteiger charge is -2.18. The number of benzene rings is 1. The highest BCUT2D eigenvalue weighted by Crippen LogP contribution is 2.13. The lowest BCUT2D eigenvalue weighted by atomic mass is 10.0. The third-order valence-electron chi connectivity index (χ3n) is 2.75. The number of nitrogens with one attached hydrogen (secondary N) is 1. The number of aliphatic hydroxyl groups excluding tert-OH is 1. The maximum Gasteiger partial charge on any atom is 0.123 e. The Morgan fingerprint density at radius 3 is 2.59 bits per heavy atom. The van der Waals surface area contributed by atoms with Crippen LogP contribution in [0.15, 0.2) is 24.3 Å². The molecule has 0 radical (unpaired) electrons. The van der Waals surface area contributed by atoms with Gasteiger partial charge in [-0.15, -0.1) is 0 Å². The average Bonchev–Trinajstić information content (AvgIpc) is 2.25. The molecule has 2 unspecified atom stereocenters. The van der Waals surface area contributed by atoms with Crippen LogP contribution < -0.4 is 5.32 Å². The molecule has 0 fully saturated rings. The Labute approximate surface area is 103 Å². The van der Waals surface area contributed by atoms with Crippen molar-refractivity contribution >= 4 is 0 Å². The van der Waals surface area contributed by atoms with E-state index in [2.05, 4.69) is 19.2 Å². The van der Waals surface area contributed by atoms with E-state index in [1.54, 1.807) is 6.07 Å². The van der Waals surface area contributed by atoms with E-state index in [4.69, 9.17) is 0 Å². The number of hydrogen-bond donors (Lipinski definition) is 2. The molecule has 0 bridgehead atoms. The zero-order chi connectivity index (χ0) is 12.8. The number of aliphatic hydroxyl groups is 1. The summed E-state index contributed by atoms with van der Waals surface area (Å²) < 4.78 is 13.0. The Morgan fingerprint density at radius 2 is 2.00 bits per heavy atom. The summed E-state index contributed by atoms with van der Waals surface area (Å²) in [6.07, 6.45) is 0.439. The quantitative estimate of drug-likeness (QED) is 0.800. The molecule has 2 atom stereocenters. The third kappa shape index (κ3) is 5.29. The maximum absolute atomic E-state index is 13.0. The highest BCUT2D eigenvalue weighted by atomic mass is 19.1. The Kier molecular flexibility index (Phi) is 5.59. The number of hydrogen-bond acceptors (Lipinski definition) is 2. The summed E-state index contributed by atoms with van der Waals surface area (Å²) in [5.74, 6) is 0.259. The fourth-order valence-electron chi connectivity index (χ4n) is 1.83. The lowest BCUT2D eigenvalue weighted by molar-refractivity contribution is 0.143. The van der Waals surface area contributed by atoms with Gasteiger partial charge in [-0.3, -0.25) is 0 Å². The van der Waals surface area contributed by atoms with E-state index in [1.165, 1.54) is 12.1 Å². The molecule has 0 aliphatic rings. The second-order valence-electron chi connectivity index (χ2n) is 4.97. The molecule has 1 aromatic rings. The highest BCUT2D eigenvalue weighted by molar-refractivity contribution is 5.19. The largest absolute Gasteiger partial charge is 0.392 e. The third-order valence-corrected chi connectivity index (χ3v) is 2.75. The summed E-state index contributed by atoms with van der Waals surface area (Å²) >= 11 is 0. The Hall–Kier alpha value is -0.930. The molecule has 0 heterocycles. The van der Waals surface area contributed by atoms with Crippen LogP contribution in [0.3, 0.4) is 0 Å². The Morgan fingerprint density at radius 1 is 1.29 bits per heavy atom. The van der Waals surface area contributed by atoms with Gasteiger partial charge in [-0.2, -0.15) is 0 Å². The van der Waals surface area contributed by atoms with Crippen LogP contribution in [0.5, 0.6) is 0 Å². The molecule has 1 rings (SSSR count). The number of halogens is 1. The fourth-order valence-corrected chi connectivity index (χ4v) is 1.83. The van der Waals surface area contributed by atoms with Gasteiger partial charge in [0.05, 0.1) is 6.10 Å². The molecule has 0 saturated carbocycles. The molecule has 0 aromatic heterocycles. The van der Waals surface area contributed by atoms with E-state index in [0.717, 1.165) is 12.0 Å². The van der Waals surface area contributed by atoms with Gasteiger partial charge in [-0.25, -0.2) is 4.39 Å². The van der Waals surface area contributed by atoms with Crippen molar-refractivity contribution in [3.63, 3.8) is 0 Å². The first-order chi connectivity index (χ1) is 7.99. The van der Waals surface area contributed by atoms with Crippen molar-refractivity contribution in [3.8, 4) is 0 Å². The van der Waals surface area contributed by atoms with Crippen LogP contribution in [0.4, 0.5) is 4.39 Å². The first-order valence-electron chi connectivity index (χ1n) is 6.16. The summed E-state index contributed by atoms with van der Waals surface area (Å²) in [5.41, 5.74) is 0.904. The molecular weight excluding hydrogens is 217 g/mol. The molecule has 0 spiro atoms. The summed E-state index contributed by atoms with van der Waals surface area (Å²) in [7, 11) is 0. The van der Waals surface area contributed by atoms with Crippen molar-refractivity contribution in [2.24, 2.45) is 5.92 Å². The SMILES string of the molecule is CC(C)CC(O)CNC(C)c1cccc(F)c1. The van der Waals surface area contributed by atoms with Gasteiger partial charge in [0.1, 0.15) is 5.82 Å². The van der Waals surface area contributed by atoms with E-state index < -0.39 is 0 Å². The smallest absolute Gasteiger partial charge is 0.123 e. The van der Waals surface area contributed by atoms with Crippen LogP contribution in [-0.2, 0) is 0 Å². The molecule has 17 heavy (non-hydrogen) atoms. The van der Waals surface area contributed by atoms with E-state index in [9.17, 15) is 9.50 Å². The molecule has 0 aliphatic heterocycles. The van der Waals surface area contributed by atoms with Crippen molar-refractivity contribution in [1.29, 1.82) is 0 Å². The minimum Gasteiger partial charge on any atom is -0.392 e. The van der Waals surface area contributed by atoms with Crippen molar-refractivity contribution < 1.29 is 9.50 Å². The van der Waals surface area contributed by atoms with Gasteiger partial charge in [0.15, 0.2) is 0 Å². The molecule has 96 valence electrons. The Balaban J connectivity index is 2.42. The van der Waals surface area contributed by atoms with Gasteiger partial charge in [-0.1, -0.05) is 26.0 Å². The fraction of sp³-hybridized carbons (Fsp3) is 0.571. The van der Waals surface area contributed by atoms with Crippen molar-refractivity contribution in [2.75, 3.05) is 6.54 Å². The summed E-state index contributed by atoms with van der Waals surface area (Å²) in [5, 5.41) is 12.9. The van der Waals surface area contributed by atoms with Gasteiger partial charge >= 0.3 is 0 Å². The first-order valence-corrected chi connectivity index (χ1v) is 6.16. The van der Waals surface area contributed by atoms with Crippen molar-refractivity contribution in [1.82, 2.24) is 5.32 Å². The van der Waals surface area contributed by atoms with Crippen LogP contribution in [0, 0.1) is 11.7 Å². The highest BCUT2D eigenvalue weighted by Gasteiger charge is 2.10. The molecule has 0 aliphatic carbocycles. The first kappa shape index (κ1) is 14.1. The summed E-state index contributed by atoms with van der Waals surface area (Å²) in [6.45, 7) is 6.67. The minimum absolute atomic E-state index is 0.0486. The van der Waals surface area contributed by atoms with Crippen LogP contribution in [0.25, 0.3) is 0 Å². The zero-order valence-corrected chi connectivity index (χ0v) is 10.8. The van der Waals surface area contributed by atoms with Crippen molar-refractivity contribution in [3.05, 3.63) is 35.6 Å². The predicted octanol–water partition coefficient (Wildman–Crippen LogP) is 2.88. The monoisotopic (exact) mass is 239 g/mol. The molecular formula is C14H22FNO. The number of rotatable bonds is 6. The maximum atomic E-state index is 13.0. The van der Waals surface area contributed by atoms with Gasteiger partial charge in [0.2, 0.25) is 0 Å². The second kappa shape index (κ2) is 6.72. The van der Waals surface area contributed by atoms with E-state index in [0.29, 0.717) is 12.5 Å². The van der Waals surface area contributed by atoms with Gasteiger partial charge < -0.3 is 10.4 Å². The summed E-state index contributed by atoms with van der Waals surface area (Å²) in [6, 6.07) is 6.59. The van der Waals surface area contributed by atoms with Gasteiger partial charge in [0.25, 0.3) is 0 Å². The van der Waals surface area contributed by atoms with Crippen LogP contribution in [0.2, 0.25) is 0 Å². The van der Waals surface area contributed by atoms with Crippen LogP contribution in [-0.4, -0.2) is 17.8 Å². The van der Waals surface area contributed by atoms with Crippen LogP contribution in [0.1, 0.15) is 38.8 Å². The molecule has 2 nitrogen and oxygen atoms in total. The normalized spacial score (nSPS) is 14.9. The minimum atomic E-state index is -0.342. The molecule has 1 aromatic carbocycles. The second-order valence-corrected chi connectivity index (χ2v) is 4.97. The van der Waals surface area contributed by atoms with Gasteiger partial charge in [0, 0.05) is 12.6 Å². The topological polar surface area (TPSA) is 32.3 Å². The molecule has 3 heteroatoms. The average molecular weight is 239 g/mol. The van der Waals surface area contributed by atoms with E-state index in [-0.39, 0.29) is 18.0 Å². The molecule has 0 saturated heterocycles. The lowest BCUT2D eigenvalue weighted by Crippen LogP contribution is -2.30. The van der Waals surface area contributed by atoms with Gasteiger partial charge in [-0.05, 0) is 37.0 Å². The van der Waals surface area contributed by atoms with E-state index >= 15 is 0 Å². The van der Waals surface area contributed by atoms with Crippen molar-refractivity contribution in [2.45, 2.75) is 39.3 Å². The molecule has 0 amide bonds. The standard InChI is InChI=1S/C14H22FNO/c1-10(2)7-14(17)9-16-11(3)12-5-4-6-13(15)8-12/h4-6,8,10-11,14,16-17H,7,9H2,1-3H3. The molecule has 2 N–H and O–H groups in total. The zero-order valence-electron chi connectivity index (χ0n) is 10.8. The van der Waals surface area contributed by atoms with Crippen LogP contribution >= 0.6 is 0 Å². The van der Waals surface area contributed by atoms with E-state index in [1.807, 2.05) is 13.0 Å². The predicted molar refractivity (Wildman–Crippen MR) is 68.3 cm³/mol.